The summed E-state index contributed by atoms with van der Waals surface area (Å²) >= 11 is 1.81. The number of thiazole rings is 1. The van der Waals surface area contributed by atoms with Crippen LogP contribution in [0.3, 0.4) is 0 Å². The molecule has 1 aromatic rings. The molecule has 1 aromatic heterocycles. The second-order valence-electron chi connectivity index (χ2n) is 6.86. The molecule has 146 valence electrons. The predicted molar refractivity (Wildman–Crippen MR) is 106 cm³/mol. The summed E-state index contributed by atoms with van der Waals surface area (Å²) in [6, 6.07) is 0. The highest BCUT2D eigenvalue weighted by atomic mass is 32.1. The van der Waals surface area contributed by atoms with Crippen LogP contribution in [0.4, 0.5) is 0 Å². The van der Waals surface area contributed by atoms with Gasteiger partial charge in [-0.1, -0.05) is 6.92 Å². The number of hydrogen-bond donors (Lipinski definition) is 1. The second kappa shape index (κ2) is 9.67. The first kappa shape index (κ1) is 19.6. The van der Waals surface area contributed by atoms with Crippen LogP contribution in [0.1, 0.15) is 42.3 Å². The number of morpholine rings is 1. The van der Waals surface area contributed by atoms with Gasteiger partial charge >= 0.3 is 0 Å². The molecule has 0 aromatic carbocycles. The van der Waals surface area contributed by atoms with Gasteiger partial charge in [0.25, 0.3) is 0 Å². The van der Waals surface area contributed by atoms with E-state index in [-0.39, 0.29) is 12.2 Å². The number of hydrogen-bond acceptors (Lipinski definition) is 5. The lowest BCUT2D eigenvalue weighted by molar-refractivity contribution is -0.0817. The highest BCUT2D eigenvalue weighted by molar-refractivity contribution is 7.11. The Morgan fingerprint density at radius 1 is 1.31 bits per heavy atom. The van der Waals surface area contributed by atoms with E-state index in [0.29, 0.717) is 0 Å². The van der Waals surface area contributed by atoms with Crippen LogP contribution in [0.25, 0.3) is 0 Å². The van der Waals surface area contributed by atoms with Crippen LogP contribution in [0.5, 0.6) is 0 Å². The summed E-state index contributed by atoms with van der Waals surface area (Å²) in [6.07, 6.45) is 4.56. The van der Waals surface area contributed by atoms with E-state index in [1.54, 1.807) is 11.3 Å². The van der Waals surface area contributed by atoms with Crippen molar-refractivity contribution in [3.8, 4) is 0 Å². The molecule has 3 heterocycles. The molecule has 2 aliphatic heterocycles. The smallest absolute Gasteiger partial charge is 0.194 e. The fourth-order valence-corrected chi connectivity index (χ4v) is 4.60. The van der Waals surface area contributed by atoms with Gasteiger partial charge in [-0.2, -0.15) is 0 Å². The maximum Gasteiger partial charge on any atom is 0.194 e. The van der Waals surface area contributed by atoms with E-state index in [9.17, 15) is 0 Å². The van der Waals surface area contributed by atoms with Crippen LogP contribution in [0.2, 0.25) is 0 Å². The molecule has 0 saturated carbocycles. The van der Waals surface area contributed by atoms with E-state index in [4.69, 9.17) is 19.5 Å². The van der Waals surface area contributed by atoms with E-state index in [1.165, 1.54) is 15.6 Å². The summed E-state index contributed by atoms with van der Waals surface area (Å²) in [5.74, 6) is 0.989. The van der Waals surface area contributed by atoms with E-state index in [2.05, 4.69) is 31.0 Å². The molecule has 7 heteroatoms. The maximum atomic E-state index is 5.96. The molecule has 2 unspecified atom stereocenters. The highest BCUT2D eigenvalue weighted by Gasteiger charge is 2.32. The first-order chi connectivity index (χ1) is 12.7. The summed E-state index contributed by atoms with van der Waals surface area (Å²) in [7, 11) is 0. The van der Waals surface area contributed by atoms with Crippen molar-refractivity contribution < 1.29 is 9.47 Å². The zero-order valence-electron chi connectivity index (χ0n) is 16.3. The lowest BCUT2D eigenvalue weighted by Crippen LogP contribution is -2.53. The number of aliphatic imine (C=N–C) groups is 1. The molecule has 1 N–H and O–H groups in total. The molecule has 3 rings (SSSR count). The van der Waals surface area contributed by atoms with Crippen molar-refractivity contribution in [1.82, 2.24) is 15.2 Å². The molecule has 0 radical (unpaired) electrons. The van der Waals surface area contributed by atoms with Crippen molar-refractivity contribution in [2.75, 3.05) is 39.4 Å². The van der Waals surface area contributed by atoms with Crippen LogP contribution in [-0.4, -0.2) is 67.4 Å². The number of aryl methyl sites for hydroxylation is 2. The van der Waals surface area contributed by atoms with E-state index >= 15 is 0 Å². The average molecular weight is 381 g/mol. The Morgan fingerprint density at radius 2 is 2.15 bits per heavy atom. The number of rotatable bonds is 6. The minimum Gasteiger partial charge on any atom is -0.375 e. The van der Waals surface area contributed by atoms with Gasteiger partial charge in [0.05, 0.1) is 23.4 Å². The maximum absolute atomic E-state index is 5.96. The number of nitrogens with one attached hydrogen (secondary N) is 1. The first-order valence-electron chi connectivity index (χ1n) is 9.92. The third kappa shape index (κ3) is 4.96. The van der Waals surface area contributed by atoms with Crippen molar-refractivity contribution in [1.29, 1.82) is 0 Å². The fourth-order valence-electron chi connectivity index (χ4n) is 3.59. The standard InChI is InChI=1S/C19H32N4O2S/c1-4-15-14(3)26-18(22-15)8-9-21-19(20-5-2)23-10-12-25-17(13-23)16-7-6-11-24-16/h16-17H,4-13H2,1-3H3,(H,20,21). The highest BCUT2D eigenvalue weighted by Crippen LogP contribution is 2.21. The molecule has 2 aliphatic rings. The third-order valence-electron chi connectivity index (χ3n) is 4.97. The topological polar surface area (TPSA) is 59.0 Å². The van der Waals surface area contributed by atoms with Crippen LogP contribution < -0.4 is 5.32 Å². The number of aromatic nitrogens is 1. The van der Waals surface area contributed by atoms with Crippen LogP contribution in [0, 0.1) is 6.92 Å². The van der Waals surface area contributed by atoms with E-state index in [0.717, 1.165) is 71.0 Å². The van der Waals surface area contributed by atoms with Crippen molar-refractivity contribution in [3.63, 3.8) is 0 Å². The van der Waals surface area contributed by atoms with Crippen LogP contribution in [0.15, 0.2) is 4.99 Å². The minimum absolute atomic E-state index is 0.156. The molecule has 0 spiro atoms. The van der Waals surface area contributed by atoms with Gasteiger partial charge in [0, 0.05) is 44.1 Å². The molecule has 0 amide bonds. The van der Waals surface area contributed by atoms with Gasteiger partial charge in [-0.3, -0.25) is 4.99 Å². The summed E-state index contributed by atoms with van der Waals surface area (Å²) in [5.41, 5.74) is 1.23. The molecule has 2 saturated heterocycles. The summed E-state index contributed by atoms with van der Waals surface area (Å²) in [4.78, 5) is 13.2. The summed E-state index contributed by atoms with van der Waals surface area (Å²) < 4.78 is 11.8. The number of nitrogens with zero attached hydrogens (tertiary/aromatic N) is 3. The zero-order valence-corrected chi connectivity index (χ0v) is 17.1. The minimum atomic E-state index is 0.156. The Bertz CT molecular complexity index is 598. The molecular formula is C19H32N4O2S. The summed E-state index contributed by atoms with van der Waals surface area (Å²) in [5, 5.41) is 4.63. The van der Waals surface area contributed by atoms with E-state index < -0.39 is 0 Å². The van der Waals surface area contributed by atoms with Gasteiger partial charge in [-0.05, 0) is 33.1 Å². The number of guanidine groups is 1. The molecule has 0 aliphatic carbocycles. The normalized spacial score (nSPS) is 24.3. The Morgan fingerprint density at radius 3 is 2.85 bits per heavy atom. The quantitative estimate of drug-likeness (QED) is 0.607. The van der Waals surface area contributed by atoms with Crippen LogP contribution >= 0.6 is 11.3 Å². The summed E-state index contributed by atoms with van der Waals surface area (Å²) in [6.45, 7) is 11.4. The second-order valence-corrected chi connectivity index (χ2v) is 8.14. The Balaban J connectivity index is 1.58. The SMILES string of the molecule is CCNC(=NCCc1nc(CC)c(C)s1)N1CCOC(C2CCCO2)C1. The number of ether oxygens (including phenoxy) is 2. The molecule has 2 atom stereocenters. The Hall–Kier alpha value is -1.18. The fraction of sp³-hybridized carbons (Fsp3) is 0.789. The zero-order chi connectivity index (χ0) is 18.4. The van der Waals surface area contributed by atoms with Crippen molar-refractivity contribution >= 4 is 17.3 Å². The lowest BCUT2D eigenvalue weighted by Gasteiger charge is -2.37. The average Bonchev–Trinajstić information content (AvgIpc) is 3.31. The molecule has 26 heavy (non-hydrogen) atoms. The predicted octanol–water partition coefficient (Wildman–Crippen LogP) is 2.40. The van der Waals surface area contributed by atoms with Gasteiger partial charge in [0.2, 0.25) is 0 Å². The van der Waals surface area contributed by atoms with Gasteiger partial charge in [-0.15, -0.1) is 11.3 Å². The van der Waals surface area contributed by atoms with Crippen molar-refractivity contribution in [2.24, 2.45) is 4.99 Å². The molecule has 6 nitrogen and oxygen atoms in total. The molecular weight excluding hydrogens is 348 g/mol. The Kier molecular flexibility index (Phi) is 7.28. The van der Waals surface area contributed by atoms with Gasteiger partial charge < -0.3 is 19.7 Å². The first-order valence-corrected chi connectivity index (χ1v) is 10.7. The van der Waals surface area contributed by atoms with Gasteiger partial charge in [0.15, 0.2) is 5.96 Å². The third-order valence-corrected chi connectivity index (χ3v) is 6.04. The molecule has 2 fully saturated rings. The van der Waals surface area contributed by atoms with E-state index in [1.807, 2.05) is 0 Å². The largest absolute Gasteiger partial charge is 0.375 e. The monoisotopic (exact) mass is 380 g/mol. The van der Waals surface area contributed by atoms with Gasteiger partial charge in [-0.25, -0.2) is 4.98 Å². The molecule has 0 bridgehead atoms. The Labute approximate surface area is 161 Å². The van der Waals surface area contributed by atoms with Crippen molar-refractivity contribution in [3.05, 3.63) is 15.6 Å². The van der Waals surface area contributed by atoms with Crippen molar-refractivity contribution in [2.45, 2.75) is 58.7 Å². The van der Waals surface area contributed by atoms with Crippen LogP contribution in [-0.2, 0) is 22.3 Å². The van der Waals surface area contributed by atoms with Gasteiger partial charge in [0.1, 0.15) is 6.10 Å². The lowest BCUT2D eigenvalue weighted by atomic mass is 10.1.